The van der Waals surface area contributed by atoms with Gasteiger partial charge < -0.3 is 14.8 Å². The molecule has 4 nitrogen and oxygen atoms in total. The van der Waals surface area contributed by atoms with Gasteiger partial charge in [-0.3, -0.25) is 4.79 Å². The third kappa shape index (κ3) is 4.65. The van der Waals surface area contributed by atoms with Gasteiger partial charge in [0, 0.05) is 12.2 Å². The Morgan fingerprint density at radius 2 is 2.24 bits per heavy atom. The molecule has 5 heteroatoms. The quantitative estimate of drug-likeness (QED) is 0.821. The average molecular weight is 302 g/mol. The van der Waals surface area contributed by atoms with Crippen molar-refractivity contribution in [1.29, 1.82) is 0 Å². The first kappa shape index (κ1) is 13.8. The van der Waals surface area contributed by atoms with Crippen molar-refractivity contribution in [2.24, 2.45) is 0 Å². The van der Waals surface area contributed by atoms with Crippen molar-refractivity contribution in [3.05, 3.63) is 22.7 Å². The van der Waals surface area contributed by atoms with Gasteiger partial charge in [0.15, 0.2) is 0 Å². The van der Waals surface area contributed by atoms with Crippen molar-refractivity contribution >= 4 is 27.6 Å². The van der Waals surface area contributed by atoms with E-state index in [4.69, 9.17) is 9.47 Å². The summed E-state index contributed by atoms with van der Waals surface area (Å²) < 4.78 is 10.8. The van der Waals surface area contributed by atoms with Crippen LogP contribution < -0.4 is 10.1 Å². The van der Waals surface area contributed by atoms with E-state index in [0.29, 0.717) is 19.6 Å². The molecule has 0 aliphatic carbocycles. The highest BCUT2D eigenvalue weighted by molar-refractivity contribution is 9.10. The molecule has 1 rings (SSSR count). The number of rotatable bonds is 6. The minimum Gasteiger partial charge on any atom is -0.496 e. The molecule has 1 aromatic rings. The zero-order chi connectivity index (χ0) is 12.7. The third-order valence-electron chi connectivity index (χ3n) is 2.12. The van der Waals surface area contributed by atoms with Crippen molar-refractivity contribution in [1.82, 2.24) is 0 Å². The Hall–Kier alpha value is -1.23. The zero-order valence-electron chi connectivity index (χ0n) is 9.96. The number of nitrogens with one attached hydrogen (secondary N) is 1. The third-order valence-corrected chi connectivity index (χ3v) is 2.74. The summed E-state index contributed by atoms with van der Waals surface area (Å²) >= 11 is 3.40. The summed E-state index contributed by atoms with van der Waals surface area (Å²) in [5, 5.41) is 3.14. The van der Waals surface area contributed by atoms with Crippen LogP contribution in [-0.4, -0.2) is 26.2 Å². The van der Waals surface area contributed by atoms with Gasteiger partial charge in [-0.15, -0.1) is 0 Å². The number of halogens is 1. The minimum atomic E-state index is -0.187. The Bertz CT molecular complexity index is 382. The van der Waals surface area contributed by atoms with Crippen molar-refractivity contribution < 1.29 is 14.3 Å². The lowest BCUT2D eigenvalue weighted by molar-refractivity contribution is -0.142. The SMILES string of the molecule is CCOC(=O)CCNc1ccc(OC)c(Br)c1. The lowest BCUT2D eigenvalue weighted by Gasteiger charge is -2.08. The van der Waals surface area contributed by atoms with E-state index in [1.165, 1.54) is 0 Å². The Labute approximate surface area is 109 Å². The van der Waals surface area contributed by atoms with Crippen LogP contribution in [0.3, 0.4) is 0 Å². The maximum Gasteiger partial charge on any atom is 0.307 e. The van der Waals surface area contributed by atoms with E-state index in [0.717, 1.165) is 15.9 Å². The summed E-state index contributed by atoms with van der Waals surface area (Å²) in [6.07, 6.45) is 0.359. The fraction of sp³-hybridized carbons (Fsp3) is 0.417. The normalized spacial score (nSPS) is 9.82. The number of esters is 1. The summed E-state index contributed by atoms with van der Waals surface area (Å²) in [6, 6.07) is 5.66. The van der Waals surface area contributed by atoms with E-state index in [1.54, 1.807) is 14.0 Å². The van der Waals surface area contributed by atoms with Crippen LogP contribution in [-0.2, 0) is 9.53 Å². The number of ether oxygens (including phenoxy) is 2. The number of carbonyl (C=O) groups is 1. The van der Waals surface area contributed by atoms with Crippen LogP contribution in [0.5, 0.6) is 5.75 Å². The Kier molecular flexibility index (Phi) is 5.83. The monoisotopic (exact) mass is 301 g/mol. The molecule has 0 atom stereocenters. The molecule has 0 aliphatic heterocycles. The van der Waals surface area contributed by atoms with Crippen LogP contribution in [0.2, 0.25) is 0 Å². The molecule has 0 aromatic heterocycles. The second kappa shape index (κ2) is 7.17. The molecule has 0 unspecified atom stereocenters. The number of carbonyl (C=O) groups excluding carboxylic acids is 1. The van der Waals surface area contributed by atoms with E-state index in [-0.39, 0.29) is 5.97 Å². The van der Waals surface area contributed by atoms with Crippen molar-refractivity contribution in [2.45, 2.75) is 13.3 Å². The summed E-state index contributed by atoms with van der Waals surface area (Å²) in [5.74, 6) is 0.591. The van der Waals surface area contributed by atoms with Gasteiger partial charge in [-0.1, -0.05) is 0 Å². The Morgan fingerprint density at radius 1 is 1.47 bits per heavy atom. The van der Waals surface area contributed by atoms with E-state index in [1.807, 2.05) is 18.2 Å². The highest BCUT2D eigenvalue weighted by Gasteiger charge is 2.03. The molecule has 1 aromatic carbocycles. The minimum absolute atomic E-state index is 0.187. The summed E-state index contributed by atoms with van der Waals surface area (Å²) in [6.45, 7) is 2.77. The smallest absolute Gasteiger partial charge is 0.307 e. The van der Waals surface area contributed by atoms with Crippen LogP contribution >= 0.6 is 15.9 Å². The maximum atomic E-state index is 11.1. The topological polar surface area (TPSA) is 47.6 Å². The summed E-state index contributed by atoms with van der Waals surface area (Å²) in [7, 11) is 1.62. The summed E-state index contributed by atoms with van der Waals surface area (Å²) in [5.41, 5.74) is 0.932. The van der Waals surface area contributed by atoms with Gasteiger partial charge in [0.25, 0.3) is 0 Å². The molecule has 0 aliphatic rings. The van der Waals surface area contributed by atoms with Crippen LogP contribution in [0.25, 0.3) is 0 Å². The van der Waals surface area contributed by atoms with E-state index in [9.17, 15) is 4.79 Å². The molecule has 94 valence electrons. The van der Waals surface area contributed by atoms with Crippen LogP contribution in [0.15, 0.2) is 22.7 Å². The molecule has 1 N–H and O–H groups in total. The van der Waals surface area contributed by atoms with Crippen LogP contribution in [0.4, 0.5) is 5.69 Å². The fourth-order valence-electron chi connectivity index (χ4n) is 1.32. The van der Waals surface area contributed by atoms with Gasteiger partial charge in [0.2, 0.25) is 0 Å². The molecule has 0 fully saturated rings. The van der Waals surface area contributed by atoms with Gasteiger partial charge >= 0.3 is 5.97 Å². The van der Waals surface area contributed by atoms with E-state index >= 15 is 0 Å². The molecule has 0 saturated carbocycles. The van der Waals surface area contributed by atoms with Gasteiger partial charge in [-0.25, -0.2) is 0 Å². The fourth-order valence-corrected chi connectivity index (χ4v) is 1.86. The predicted octanol–water partition coefficient (Wildman–Crippen LogP) is 2.82. The van der Waals surface area contributed by atoms with Crippen molar-refractivity contribution in [3.8, 4) is 5.75 Å². The standard InChI is InChI=1S/C12H16BrNO3/c1-3-17-12(15)6-7-14-9-4-5-11(16-2)10(13)8-9/h4-5,8,14H,3,6-7H2,1-2H3. The predicted molar refractivity (Wildman–Crippen MR) is 70.4 cm³/mol. The molecule has 0 heterocycles. The average Bonchev–Trinajstić information content (AvgIpc) is 2.29. The second-order valence-electron chi connectivity index (χ2n) is 3.33. The maximum absolute atomic E-state index is 11.1. The first-order valence-corrected chi connectivity index (χ1v) is 6.19. The van der Waals surface area contributed by atoms with Crippen LogP contribution in [0.1, 0.15) is 13.3 Å². The number of benzene rings is 1. The lowest BCUT2D eigenvalue weighted by atomic mass is 10.3. The molecular weight excluding hydrogens is 286 g/mol. The van der Waals surface area contributed by atoms with Gasteiger partial charge in [-0.2, -0.15) is 0 Å². The number of methoxy groups -OCH3 is 1. The number of hydrogen-bond acceptors (Lipinski definition) is 4. The van der Waals surface area contributed by atoms with Crippen molar-refractivity contribution in [2.75, 3.05) is 25.6 Å². The molecule has 17 heavy (non-hydrogen) atoms. The first-order valence-electron chi connectivity index (χ1n) is 5.40. The van der Waals surface area contributed by atoms with Gasteiger partial charge in [0.05, 0.1) is 24.6 Å². The first-order chi connectivity index (χ1) is 8.17. The lowest BCUT2D eigenvalue weighted by Crippen LogP contribution is -2.11. The highest BCUT2D eigenvalue weighted by Crippen LogP contribution is 2.27. The highest BCUT2D eigenvalue weighted by atomic mass is 79.9. The summed E-state index contributed by atoms with van der Waals surface area (Å²) in [4.78, 5) is 11.1. The van der Waals surface area contributed by atoms with E-state index < -0.39 is 0 Å². The van der Waals surface area contributed by atoms with E-state index in [2.05, 4.69) is 21.2 Å². The Morgan fingerprint density at radius 3 is 2.82 bits per heavy atom. The second-order valence-corrected chi connectivity index (χ2v) is 4.19. The van der Waals surface area contributed by atoms with Crippen LogP contribution in [0, 0.1) is 0 Å². The zero-order valence-corrected chi connectivity index (χ0v) is 11.5. The van der Waals surface area contributed by atoms with Gasteiger partial charge in [-0.05, 0) is 41.1 Å². The molecular formula is C12H16BrNO3. The largest absolute Gasteiger partial charge is 0.496 e. The molecule has 0 radical (unpaired) electrons. The molecule has 0 saturated heterocycles. The molecule has 0 bridgehead atoms. The Balaban J connectivity index is 2.42. The van der Waals surface area contributed by atoms with Crippen molar-refractivity contribution in [3.63, 3.8) is 0 Å². The number of anilines is 1. The number of hydrogen-bond donors (Lipinski definition) is 1. The van der Waals surface area contributed by atoms with Gasteiger partial charge in [0.1, 0.15) is 5.75 Å². The molecule has 0 spiro atoms. The molecule has 0 amide bonds.